The van der Waals surface area contributed by atoms with Crippen LogP contribution < -0.4 is 5.73 Å². The van der Waals surface area contributed by atoms with Crippen molar-refractivity contribution in [1.29, 1.82) is 0 Å². The van der Waals surface area contributed by atoms with Gasteiger partial charge < -0.3 is 5.73 Å². The van der Waals surface area contributed by atoms with Gasteiger partial charge >= 0.3 is 0 Å². The molecular weight excluding hydrogens is 240 g/mol. The average molecular weight is 253 g/mol. The molecule has 1 atom stereocenters. The maximum absolute atomic E-state index is 13.8. The SMILES string of the molecule is CN1C(=O)C[C@@](C)(c2cccc(F)c2F)N=C1N. The Bertz CT molecular complexity index is 544. The van der Waals surface area contributed by atoms with Gasteiger partial charge in [0, 0.05) is 12.6 Å². The first-order valence-electron chi connectivity index (χ1n) is 5.41. The van der Waals surface area contributed by atoms with Gasteiger partial charge in [0.05, 0.1) is 12.0 Å². The number of hydrogen-bond acceptors (Lipinski definition) is 3. The molecular formula is C12H13F2N3O. The van der Waals surface area contributed by atoms with Crippen molar-refractivity contribution in [1.82, 2.24) is 4.90 Å². The average Bonchev–Trinajstić information content (AvgIpc) is 2.29. The lowest BCUT2D eigenvalue weighted by Gasteiger charge is -2.33. The minimum atomic E-state index is -1.17. The summed E-state index contributed by atoms with van der Waals surface area (Å²) in [4.78, 5) is 17.0. The number of hydrogen-bond donors (Lipinski definition) is 1. The summed E-state index contributed by atoms with van der Waals surface area (Å²) >= 11 is 0. The van der Waals surface area contributed by atoms with Gasteiger partial charge in [0.25, 0.3) is 0 Å². The smallest absolute Gasteiger partial charge is 0.231 e. The van der Waals surface area contributed by atoms with Crippen molar-refractivity contribution in [2.75, 3.05) is 7.05 Å². The second kappa shape index (κ2) is 4.04. The lowest BCUT2D eigenvalue weighted by atomic mass is 9.87. The van der Waals surface area contributed by atoms with Crippen LogP contribution in [0.15, 0.2) is 23.2 Å². The Morgan fingerprint density at radius 3 is 2.72 bits per heavy atom. The van der Waals surface area contributed by atoms with Crippen molar-refractivity contribution in [3.8, 4) is 0 Å². The van der Waals surface area contributed by atoms with E-state index in [0.717, 1.165) is 6.07 Å². The van der Waals surface area contributed by atoms with Crippen LogP contribution in [-0.2, 0) is 10.3 Å². The number of halogens is 2. The zero-order valence-corrected chi connectivity index (χ0v) is 10.1. The predicted molar refractivity (Wildman–Crippen MR) is 62.7 cm³/mol. The second-order valence-electron chi connectivity index (χ2n) is 4.47. The maximum Gasteiger partial charge on any atom is 0.231 e. The first kappa shape index (κ1) is 12.5. The van der Waals surface area contributed by atoms with E-state index in [1.165, 1.54) is 24.1 Å². The lowest BCUT2D eigenvalue weighted by molar-refractivity contribution is -0.128. The molecule has 0 bridgehead atoms. The number of benzene rings is 1. The third-order valence-corrected chi connectivity index (χ3v) is 3.11. The number of nitrogens with zero attached hydrogens (tertiary/aromatic N) is 2. The summed E-state index contributed by atoms with van der Waals surface area (Å²) in [6.07, 6.45) is -0.0510. The fourth-order valence-corrected chi connectivity index (χ4v) is 1.98. The summed E-state index contributed by atoms with van der Waals surface area (Å²) in [5.74, 6) is -2.24. The topological polar surface area (TPSA) is 58.7 Å². The number of aliphatic imine (C=N–C) groups is 1. The summed E-state index contributed by atoms with van der Waals surface area (Å²) in [5, 5.41) is 0. The molecule has 0 spiro atoms. The Kier molecular flexibility index (Phi) is 2.80. The number of carbonyl (C=O) groups is 1. The zero-order valence-electron chi connectivity index (χ0n) is 10.1. The summed E-state index contributed by atoms with van der Waals surface area (Å²) in [7, 11) is 1.49. The standard InChI is InChI=1S/C12H13F2N3O/c1-12(6-9(18)17(2)11(15)16-12)7-4-3-5-8(13)10(7)14/h3-5H,6H2,1-2H3,(H2,15,16)/t12-/m0/s1. The first-order valence-corrected chi connectivity index (χ1v) is 5.41. The molecule has 2 rings (SSSR count). The number of guanidine groups is 1. The number of amides is 1. The molecule has 1 aliphatic rings. The van der Waals surface area contributed by atoms with Gasteiger partial charge in [-0.05, 0) is 13.0 Å². The summed E-state index contributed by atoms with van der Waals surface area (Å²) < 4.78 is 27.0. The molecule has 0 unspecified atom stereocenters. The van der Waals surface area contributed by atoms with Crippen LogP contribution in [0.3, 0.4) is 0 Å². The highest BCUT2D eigenvalue weighted by molar-refractivity contribution is 5.98. The van der Waals surface area contributed by atoms with Crippen molar-refractivity contribution >= 4 is 11.9 Å². The van der Waals surface area contributed by atoms with Gasteiger partial charge in [-0.3, -0.25) is 9.69 Å². The van der Waals surface area contributed by atoms with Crippen molar-refractivity contribution in [3.63, 3.8) is 0 Å². The Balaban J connectivity index is 2.56. The molecule has 0 fully saturated rings. The van der Waals surface area contributed by atoms with Crippen LogP contribution in [0.4, 0.5) is 8.78 Å². The third kappa shape index (κ3) is 1.83. The molecule has 0 radical (unpaired) electrons. The van der Waals surface area contributed by atoms with E-state index in [0.29, 0.717) is 0 Å². The van der Waals surface area contributed by atoms with Gasteiger partial charge in [0.1, 0.15) is 0 Å². The van der Waals surface area contributed by atoms with Gasteiger partial charge in [-0.15, -0.1) is 0 Å². The molecule has 0 aliphatic carbocycles. The van der Waals surface area contributed by atoms with Crippen molar-refractivity contribution in [3.05, 3.63) is 35.4 Å². The quantitative estimate of drug-likeness (QED) is 0.821. The molecule has 2 N–H and O–H groups in total. The highest BCUT2D eigenvalue weighted by Gasteiger charge is 2.38. The van der Waals surface area contributed by atoms with E-state index in [2.05, 4.69) is 4.99 Å². The van der Waals surface area contributed by atoms with Gasteiger partial charge in [-0.1, -0.05) is 12.1 Å². The van der Waals surface area contributed by atoms with E-state index >= 15 is 0 Å². The molecule has 0 aromatic heterocycles. The van der Waals surface area contributed by atoms with Crippen LogP contribution in [0, 0.1) is 11.6 Å². The van der Waals surface area contributed by atoms with Crippen LogP contribution in [-0.4, -0.2) is 23.8 Å². The van der Waals surface area contributed by atoms with Crippen molar-refractivity contribution < 1.29 is 13.6 Å². The lowest BCUT2D eigenvalue weighted by Crippen LogP contribution is -2.47. The minimum absolute atomic E-state index is 0.00240. The molecule has 1 aliphatic heterocycles. The summed E-state index contributed by atoms with van der Waals surface area (Å²) in [6, 6.07) is 3.81. The Hall–Kier alpha value is -1.98. The molecule has 18 heavy (non-hydrogen) atoms. The highest BCUT2D eigenvalue weighted by atomic mass is 19.2. The van der Waals surface area contributed by atoms with E-state index in [-0.39, 0.29) is 23.9 Å². The normalized spacial score (nSPS) is 24.1. The molecule has 0 saturated heterocycles. The fraction of sp³-hybridized carbons (Fsp3) is 0.333. The molecule has 96 valence electrons. The molecule has 0 saturated carbocycles. The highest BCUT2D eigenvalue weighted by Crippen LogP contribution is 2.34. The maximum atomic E-state index is 13.8. The summed E-state index contributed by atoms with van der Waals surface area (Å²) in [6.45, 7) is 1.56. The molecule has 1 aromatic rings. The molecule has 6 heteroatoms. The Morgan fingerprint density at radius 2 is 2.11 bits per heavy atom. The Labute approximate surface area is 103 Å². The Morgan fingerprint density at radius 1 is 1.44 bits per heavy atom. The van der Waals surface area contributed by atoms with E-state index in [4.69, 9.17) is 5.73 Å². The summed E-state index contributed by atoms with van der Waals surface area (Å²) in [5.41, 5.74) is 4.48. The van der Waals surface area contributed by atoms with E-state index in [1.54, 1.807) is 6.92 Å². The van der Waals surface area contributed by atoms with Gasteiger partial charge in [0.15, 0.2) is 17.6 Å². The zero-order chi connectivity index (χ0) is 13.5. The van der Waals surface area contributed by atoms with Gasteiger partial charge in [0.2, 0.25) is 5.91 Å². The van der Waals surface area contributed by atoms with E-state index in [9.17, 15) is 13.6 Å². The van der Waals surface area contributed by atoms with E-state index in [1.807, 2.05) is 0 Å². The monoisotopic (exact) mass is 253 g/mol. The van der Waals surface area contributed by atoms with Crippen LogP contribution in [0.25, 0.3) is 0 Å². The predicted octanol–water partition coefficient (Wildman–Crippen LogP) is 1.36. The van der Waals surface area contributed by atoms with Gasteiger partial charge in [-0.2, -0.15) is 0 Å². The number of nitrogens with two attached hydrogens (primary N) is 1. The van der Waals surface area contributed by atoms with Gasteiger partial charge in [-0.25, -0.2) is 13.8 Å². The minimum Gasteiger partial charge on any atom is -0.369 e. The van der Waals surface area contributed by atoms with E-state index < -0.39 is 17.2 Å². The van der Waals surface area contributed by atoms with Crippen LogP contribution in [0.5, 0.6) is 0 Å². The van der Waals surface area contributed by atoms with Crippen LogP contribution >= 0.6 is 0 Å². The fourth-order valence-electron chi connectivity index (χ4n) is 1.98. The second-order valence-corrected chi connectivity index (χ2v) is 4.47. The van der Waals surface area contributed by atoms with Crippen LogP contribution in [0.2, 0.25) is 0 Å². The number of carbonyl (C=O) groups excluding carboxylic acids is 1. The molecule has 1 amide bonds. The largest absolute Gasteiger partial charge is 0.369 e. The molecule has 1 aromatic carbocycles. The molecule has 4 nitrogen and oxygen atoms in total. The third-order valence-electron chi connectivity index (χ3n) is 3.11. The van der Waals surface area contributed by atoms with Crippen LogP contribution in [0.1, 0.15) is 18.9 Å². The number of rotatable bonds is 1. The first-order chi connectivity index (χ1) is 8.35. The molecule has 1 heterocycles. The van der Waals surface area contributed by atoms with Crippen molar-refractivity contribution in [2.24, 2.45) is 10.7 Å². The van der Waals surface area contributed by atoms with Crippen molar-refractivity contribution in [2.45, 2.75) is 18.9 Å².